The first-order valence-corrected chi connectivity index (χ1v) is 7.61. The molecule has 3 aromatic rings. The molecule has 0 aliphatic heterocycles. The van der Waals surface area contributed by atoms with Crippen LogP contribution in [0.4, 0.5) is 5.69 Å². The molecule has 0 saturated heterocycles. The average Bonchev–Trinajstić information content (AvgIpc) is 2.77. The minimum atomic E-state index is -0.114. The van der Waals surface area contributed by atoms with Gasteiger partial charge >= 0.3 is 0 Å². The lowest BCUT2D eigenvalue weighted by molar-refractivity contribution is -0.115. The topological polar surface area (TPSA) is 44.9 Å². The lowest BCUT2D eigenvalue weighted by atomic mass is 10.1. The molecule has 5 heteroatoms. The Kier molecular flexibility index (Phi) is 4.10. The normalized spacial score (nSPS) is 10.9. The Morgan fingerprint density at radius 2 is 1.95 bits per heavy atom. The lowest BCUT2D eigenvalue weighted by Crippen LogP contribution is -2.15. The second-order valence-electron chi connectivity index (χ2n) is 5.12. The summed E-state index contributed by atoms with van der Waals surface area (Å²) in [7, 11) is 0. The van der Waals surface area contributed by atoms with E-state index in [9.17, 15) is 4.79 Å². The van der Waals surface area contributed by atoms with E-state index in [0.717, 1.165) is 22.2 Å². The van der Waals surface area contributed by atoms with Gasteiger partial charge in [0, 0.05) is 21.6 Å². The molecule has 1 aromatic heterocycles. The Bertz CT molecular complexity index is 855. The number of aromatic amines is 1. The number of carbonyl (C=O) groups excluding carboxylic acids is 1. The van der Waals surface area contributed by atoms with Gasteiger partial charge < -0.3 is 10.3 Å². The number of para-hydroxylation sites is 1. The standard InChI is InChI=1S/C17H14Cl2N2O/c1-10-12(13-8-11(18)6-7-15(13)20-10)9-17(22)21-16-5-3-2-4-14(16)19/h2-8,20H,9H2,1H3,(H,21,22). The van der Waals surface area contributed by atoms with Crippen LogP contribution in [0.2, 0.25) is 10.0 Å². The molecule has 1 amide bonds. The molecule has 0 fully saturated rings. The summed E-state index contributed by atoms with van der Waals surface area (Å²) in [4.78, 5) is 15.6. The van der Waals surface area contributed by atoms with Crippen molar-refractivity contribution in [2.45, 2.75) is 13.3 Å². The second kappa shape index (κ2) is 6.03. The van der Waals surface area contributed by atoms with Gasteiger partial charge in [0.05, 0.1) is 17.1 Å². The maximum Gasteiger partial charge on any atom is 0.228 e. The number of hydrogen-bond donors (Lipinski definition) is 2. The van der Waals surface area contributed by atoms with Gasteiger partial charge in [0.15, 0.2) is 0 Å². The number of aryl methyl sites for hydroxylation is 1. The molecule has 0 unspecified atom stereocenters. The smallest absolute Gasteiger partial charge is 0.228 e. The van der Waals surface area contributed by atoms with Crippen LogP contribution in [0.1, 0.15) is 11.3 Å². The van der Waals surface area contributed by atoms with Crippen molar-refractivity contribution in [3.8, 4) is 0 Å². The lowest BCUT2D eigenvalue weighted by Gasteiger charge is -2.07. The van der Waals surface area contributed by atoms with Crippen molar-refractivity contribution in [1.82, 2.24) is 4.98 Å². The van der Waals surface area contributed by atoms with E-state index < -0.39 is 0 Å². The van der Waals surface area contributed by atoms with Crippen molar-refractivity contribution >= 4 is 45.7 Å². The maximum atomic E-state index is 12.3. The molecule has 112 valence electrons. The van der Waals surface area contributed by atoms with Crippen LogP contribution in [0.25, 0.3) is 10.9 Å². The average molecular weight is 333 g/mol. The highest BCUT2D eigenvalue weighted by atomic mass is 35.5. The number of carbonyl (C=O) groups is 1. The molecule has 3 nitrogen and oxygen atoms in total. The fourth-order valence-corrected chi connectivity index (χ4v) is 2.86. The highest BCUT2D eigenvalue weighted by Gasteiger charge is 2.13. The van der Waals surface area contributed by atoms with Crippen LogP contribution in [0, 0.1) is 6.92 Å². The summed E-state index contributed by atoms with van der Waals surface area (Å²) in [6, 6.07) is 12.8. The number of hydrogen-bond acceptors (Lipinski definition) is 1. The molecular weight excluding hydrogens is 319 g/mol. The molecule has 0 radical (unpaired) electrons. The Labute approximate surface area is 138 Å². The Morgan fingerprint density at radius 1 is 1.18 bits per heavy atom. The van der Waals surface area contributed by atoms with E-state index in [0.29, 0.717) is 15.7 Å². The Balaban J connectivity index is 1.87. The van der Waals surface area contributed by atoms with Crippen molar-refractivity contribution in [1.29, 1.82) is 0 Å². The molecule has 3 rings (SSSR count). The summed E-state index contributed by atoms with van der Waals surface area (Å²) in [5.41, 5.74) is 3.50. The highest BCUT2D eigenvalue weighted by Crippen LogP contribution is 2.26. The van der Waals surface area contributed by atoms with E-state index in [-0.39, 0.29) is 12.3 Å². The van der Waals surface area contributed by atoms with Gasteiger partial charge in [0.25, 0.3) is 0 Å². The van der Waals surface area contributed by atoms with Crippen LogP contribution in [0.15, 0.2) is 42.5 Å². The van der Waals surface area contributed by atoms with Crippen molar-refractivity contribution in [2.24, 2.45) is 0 Å². The largest absolute Gasteiger partial charge is 0.358 e. The fraction of sp³-hybridized carbons (Fsp3) is 0.118. The van der Waals surface area contributed by atoms with Gasteiger partial charge in [-0.05, 0) is 42.8 Å². The quantitative estimate of drug-likeness (QED) is 0.699. The molecule has 0 aliphatic rings. The molecule has 22 heavy (non-hydrogen) atoms. The third kappa shape index (κ3) is 2.96. The molecule has 2 N–H and O–H groups in total. The fourth-order valence-electron chi connectivity index (χ4n) is 2.50. The number of amides is 1. The van der Waals surface area contributed by atoms with E-state index in [4.69, 9.17) is 23.2 Å². The zero-order chi connectivity index (χ0) is 15.7. The zero-order valence-corrected chi connectivity index (χ0v) is 13.4. The molecule has 1 heterocycles. The Hall–Kier alpha value is -1.97. The summed E-state index contributed by atoms with van der Waals surface area (Å²) in [6.45, 7) is 1.95. The number of fused-ring (bicyclic) bond motifs is 1. The summed E-state index contributed by atoms with van der Waals surface area (Å²) in [5.74, 6) is -0.114. The zero-order valence-electron chi connectivity index (χ0n) is 11.9. The molecule has 0 spiro atoms. The maximum absolute atomic E-state index is 12.3. The van der Waals surface area contributed by atoms with E-state index >= 15 is 0 Å². The number of anilines is 1. The van der Waals surface area contributed by atoms with Crippen molar-refractivity contribution < 1.29 is 4.79 Å². The van der Waals surface area contributed by atoms with Crippen molar-refractivity contribution in [2.75, 3.05) is 5.32 Å². The van der Waals surface area contributed by atoms with E-state index in [1.54, 1.807) is 12.1 Å². The first kappa shape index (κ1) is 14.9. The van der Waals surface area contributed by atoms with E-state index in [1.165, 1.54) is 0 Å². The van der Waals surface area contributed by atoms with Crippen LogP contribution >= 0.6 is 23.2 Å². The van der Waals surface area contributed by atoms with Gasteiger partial charge in [-0.25, -0.2) is 0 Å². The van der Waals surface area contributed by atoms with Crippen molar-refractivity contribution in [3.05, 3.63) is 63.8 Å². The second-order valence-corrected chi connectivity index (χ2v) is 5.97. The third-order valence-electron chi connectivity index (χ3n) is 3.57. The first-order chi connectivity index (χ1) is 10.5. The van der Waals surface area contributed by atoms with Gasteiger partial charge in [-0.15, -0.1) is 0 Å². The highest BCUT2D eigenvalue weighted by molar-refractivity contribution is 6.33. The number of nitrogens with one attached hydrogen (secondary N) is 2. The van der Waals surface area contributed by atoms with Crippen molar-refractivity contribution in [3.63, 3.8) is 0 Å². The number of aromatic nitrogens is 1. The number of rotatable bonds is 3. The van der Waals surface area contributed by atoms with Gasteiger partial charge in [-0.3, -0.25) is 4.79 Å². The SMILES string of the molecule is Cc1[nH]c2ccc(Cl)cc2c1CC(=O)Nc1ccccc1Cl. The summed E-state index contributed by atoms with van der Waals surface area (Å²) in [5, 5.41) is 4.98. The third-order valence-corrected chi connectivity index (χ3v) is 4.13. The van der Waals surface area contributed by atoms with Crippen LogP contribution in [0.5, 0.6) is 0 Å². The molecular formula is C17H14Cl2N2O. The molecule has 2 aromatic carbocycles. The van der Waals surface area contributed by atoms with E-state index in [1.807, 2.05) is 37.3 Å². The molecule has 0 bridgehead atoms. The number of H-pyrrole nitrogens is 1. The summed E-state index contributed by atoms with van der Waals surface area (Å²) < 4.78 is 0. The number of halogens is 2. The molecule has 0 atom stereocenters. The molecule has 0 saturated carbocycles. The minimum Gasteiger partial charge on any atom is -0.358 e. The van der Waals surface area contributed by atoms with Crippen LogP contribution in [0.3, 0.4) is 0 Å². The van der Waals surface area contributed by atoms with Gasteiger partial charge in [-0.2, -0.15) is 0 Å². The number of benzene rings is 2. The van der Waals surface area contributed by atoms with Gasteiger partial charge in [0.1, 0.15) is 0 Å². The minimum absolute atomic E-state index is 0.114. The van der Waals surface area contributed by atoms with Crippen LogP contribution in [-0.2, 0) is 11.2 Å². The van der Waals surface area contributed by atoms with Crippen LogP contribution < -0.4 is 5.32 Å². The predicted molar refractivity (Wildman–Crippen MR) is 91.8 cm³/mol. The first-order valence-electron chi connectivity index (χ1n) is 6.85. The monoisotopic (exact) mass is 332 g/mol. The van der Waals surface area contributed by atoms with Gasteiger partial charge in [-0.1, -0.05) is 35.3 Å². The summed E-state index contributed by atoms with van der Waals surface area (Å²) in [6.07, 6.45) is 0.261. The van der Waals surface area contributed by atoms with Crippen LogP contribution in [-0.4, -0.2) is 10.9 Å². The summed E-state index contributed by atoms with van der Waals surface area (Å²) >= 11 is 12.1. The predicted octanol–water partition coefficient (Wildman–Crippen LogP) is 4.96. The van der Waals surface area contributed by atoms with Gasteiger partial charge in [0.2, 0.25) is 5.91 Å². The Morgan fingerprint density at radius 3 is 2.73 bits per heavy atom. The molecule has 0 aliphatic carbocycles. The van der Waals surface area contributed by atoms with E-state index in [2.05, 4.69) is 10.3 Å².